The van der Waals surface area contributed by atoms with Gasteiger partial charge in [0.2, 0.25) is 0 Å². The van der Waals surface area contributed by atoms with Crippen LogP contribution in [0, 0.1) is 12.3 Å². The number of carboxylic acids is 1. The maximum absolute atomic E-state index is 11.9. The van der Waals surface area contributed by atoms with Gasteiger partial charge in [0.25, 0.3) is 0 Å². The fourth-order valence-corrected chi connectivity index (χ4v) is 2.00. The van der Waals surface area contributed by atoms with Crippen LogP contribution >= 0.6 is 0 Å². The normalized spacial score (nSPS) is 15.5. The SMILES string of the molecule is Cc1cccc(CN(C)C(=O)NCC2(C(=O)O)CC2)n1. The summed E-state index contributed by atoms with van der Waals surface area (Å²) in [4.78, 5) is 28.8. The number of aryl methyl sites for hydroxylation is 1. The number of nitrogens with zero attached hydrogens (tertiary/aromatic N) is 2. The van der Waals surface area contributed by atoms with Crippen LogP contribution in [0.25, 0.3) is 0 Å². The Hall–Kier alpha value is -2.11. The lowest BCUT2D eigenvalue weighted by atomic mass is 10.1. The molecule has 2 rings (SSSR count). The molecule has 0 atom stereocenters. The molecule has 0 bridgehead atoms. The first-order valence-electron chi connectivity index (χ1n) is 6.58. The van der Waals surface area contributed by atoms with Gasteiger partial charge in [-0.2, -0.15) is 0 Å². The minimum atomic E-state index is -0.833. The van der Waals surface area contributed by atoms with Gasteiger partial charge in [-0.3, -0.25) is 9.78 Å². The standard InChI is InChI=1S/C14H19N3O3/c1-10-4-3-5-11(16-10)8-17(2)13(20)15-9-14(6-7-14)12(18)19/h3-5H,6-9H2,1-2H3,(H,15,20)(H,18,19). The van der Waals surface area contributed by atoms with Crippen molar-refractivity contribution in [2.75, 3.05) is 13.6 Å². The minimum Gasteiger partial charge on any atom is -0.481 e. The number of hydrogen-bond acceptors (Lipinski definition) is 3. The Balaban J connectivity index is 1.85. The molecular weight excluding hydrogens is 258 g/mol. The van der Waals surface area contributed by atoms with Gasteiger partial charge in [-0.25, -0.2) is 4.79 Å². The van der Waals surface area contributed by atoms with Crippen molar-refractivity contribution in [1.82, 2.24) is 15.2 Å². The molecule has 1 aliphatic carbocycles. The number of carbonyl (C=O) groups excluding carboxylic acids is 1. The van der Waals surface area contributed by atoms with Crippen molar-refractivity contribution >= 4 is 12.0 Å². The van der Waals surface area contributed by atoms with Crippen molar-refractivity contribution in [1.29, 1.82) is 0 Å². The van der Waals surface area contributed by atoms with E-state index in [-0.39, 0.29) is 12.6 Å². The van der Waals surface area contributed by atoms with Crippen molar-refractivity contribution in [2.24, 2.45) is 5.41 Å². The number of carbonyl (C=O) groups is 2. The summed E-state index contributed by atoms with van der Waals surface area (Å²) >= 11 is 0. The number of aromatic nitrogens is 1. The average molecular weight is 277 g/mol. The number of amides is 2. The summed E-state index contributed by atoms with van der Waals surface area (Å²) in [5, 5.41) is 11.7. The third kappa shape index (κ3) is 3.26. The second-order valence-corrected chi connectivity index (χ2v) is 5.37. The van der Waals surface area contributed by atoms with Crippen LogP contribution in [-0.2, 0) is 11.3 Å². The van der Waals surface area contributed by atoms with Gasteiger partial charge in [0.1, 0.15) is 0 Å². The van der Waals surface area contributed by atoms with Crippen molar-refractivity contribution in [3.8, 4) is 0 Å². The number of hydrogen-bond donors (Lipinski definition) is 2. The molecule has 0 radical (unpaired) electrons. The predicted molar refractivity (Wildman–Crippen MR) is 73.1 cm³/mol. The summed E-state index contributed by atoms with van der Waals surface area (Å²) in [6.45, 7) is 2.48. The predicted octanol–water partition coefficient (Wildman–Crippen LogP) is 1.40. The van der Waals surface area contributed by atoms with Crippen molar-refractivity contribution in [2.45, 2.75) is 26.3 Å². The first-order chi connectivity index (χ1) is 9.43. The van der Waals surface area contributed by atoms with Crippen molar-refractivity contribution < 1.29 is 14.7 Å². The Morgan fingerprint density at radius 3 is 2.70 bits per heavy atom. The molecular formula is C14H19N3O3. The summed E-state index contributed by atoms with van der Waals surface area (Å²) in [6.07, 6.45) is 1.26. The highest BCUT2D eigenvalue weighted by Crippen LogP contribution is 2.45. The Kier molecular flexibility index (Phi) is 3.92. The maximum atomic E-state index is 11.9. The van der Waals surface area contributed by atoms with Gasteiger partial charge in [-0.1, -0.05) is 6.07 Å². The summed E-state index contributed by atoms with van der Waals surface area (Å²) < 4.78 is 0. The highest BCUT2D eigenvalue weighted by molar-refractivity contribution is 5.80. The van der Waals surface area contributed by atoms with Crippen LogP contribution in [0.2, 0.25) is 0 Å². The van der Waals surface area contributed by atoms with Gasteiger partial charge in [0, 0.05) is 19.3 Å². The molecule has 6 nitrogen and oxygen atoms in total. The Morgan fingerprint density at radius 2 is 2.15 bits per heavy atom. The number of carboxylic acid groups (broad SMARTS) is 1. The number of urea groups is 1. The molecule has 0 aliphatic heterocycles. The van der Waals surface area contributed by atoms with Crippen molar-refractivity contribution in [3.63, 3.8) is 0 Å². The van der Waals surface area contributed by atoms with Gasteiger partial charge in [0.05, 0.1) is 17.7 Å². The summed E-state index contributed by atoms with van der Waals surface area (Å²) in [6, 6.07) is 5.37. The lowest BCUT2D eigenvalue weighted by molar-refractivity contribution is -0.143. The van der Waals surface area contributed by atoms with E-state index in [1.165, 1.54) is 4.90 Å². The van der Waals surface area contributed by atoms with Gasteiger partial charge in [-0.15, -0.1) is 0 Å². The molecule has 1 saturated carbocycles. The zero-order chi connectivity index (χ0) is 14.8. The topological polar surface area (TPSA) is 82.5 Å². The second-order valence-electron chi connectivity index (χ2n) is 5.37. The third-order valence-electron chi connectivity index (χ3n) is 3.58. The van der Waals surface area contributed by atoms with E-state index in [0.29, 0.717) is 19.4 Å². The highest BCUT2D eigenvalue weighted by atomic mass is 16.4. The third-order valence-corrected chi connectivity index (χ3v) is 3.58. The average Bonchev–Trinajstić information content (AvgIpc) is 3.17. The van der Waals surface area contributed by atoms with E-state index in [0.717, 1.165) is 11.4 Å². The second kappa shape index (κ2) is 5.48. The Bertz CT molecular complexity index is 526. The van der Waals surface area contributed by atoms with E-state index >= 15 is 0 Å². The molecule has 1 fully saturated rings. The molecule has 2 amide bonds. The van der Waals surface area contributed by atoms with E-state index < -0.39 is 11.4 Å². The molecule has 6 heteroatoms. The zero-order valence-corrected chi connectivity index (χ0v) is 11.7. The lowest BCUT2D eigenvalue weighted by Gasteiger charge is -2.19. The van der Waals surface area contributed by atoms with E-state index in [9.17, 15) is 9.59 Å². The van der Waals surface area contributed by atoms with E-state index in [2.05, 4.69) is 10.3 Å². The number of pyridine rings is 1. The van der Waals surface area contributed by atoms with E-state index in [4.69, 9.17) is 5.11 Å². The highest BCUT2D eigenvalue weighted by Gasteiger charge is 2.50. The van der Waals surface area contributed by atoms with Crippen molar-refractivity contribution in [3.05, 3.63) is 29.6 Å². The smallest absolute Gasteiger partial charge is 0.317 e. The van der Waals surface area contributed by atoms with Crippen LogP contribution < -0.4 is 5.32 Å². The maximum Gasteiger partial charge on any atom is 0.317 e. The molecule has 1 heterocycles. The quantitative estimate of drug-likeness (QED) is 0.852. The van der Waals surface area contributed by atoms with E-state index in [1.54, 1.807) is 7.05 Å². The fourth-order valence-electron chi connectivity index (χ4n) is 2.00. The zero-order valence-electron chi connectivity index (χ0n) is 11.7. The summed E-state index contributed by atoms with van der Waals surface area (Å²) in [5.74, 6) is -0.833. The molecule has 1 aromatic rings. The monoisotopic (exact) mass is 277 g/mol. The summed E-state index contributed by atoms with van der Waals surface area (Å²) in [7, 11) is 1.67. The number of rotatable bonds is 5. The van der Waals surface area contributed by atoms with Crippen LogP contribution in [0.4, 0.5) is 4.79 Å². The molecule has 2 N–H and O–H groups in total. The molecule has 0 aromatic carbocycles. The molecule has 0 spiro atoms. The van der Waals surface area contributed by atoms with Crippen LogP contribution in [0.3, 0.4) is 0 Å². The first kappa shape index (κ1) is 14.3. The van der Waals surface area contributed by atoms with Gasteiger partial charge < -0.3 is 15.3 Å². The van der Waals surface area contributed by atoms with Crippen LogP contribution in [0.15, 0.2) is 18.2 Å². The van der Waals surface area contributed by atoms with Crippen LogP contribution in [0.1, 0.15) is 24.2 Å². The van der Waals surface area contributed by atoms with Crippen LogP contribution in [-0.4, -0.2) is 40.6 Å². The molecule has 108 valence electrons. The molecule has 1 aliphatic rings. The lowest BCUT2D eigenvalue weighted by Crippen LogP contribution is -2.41. The first-order valence-corrected chi connectivity index (χ1v) is 6.58. The Morgan fingerprint density at radius 1 is 1.45 bits per heavy atom. The number of nitrogens with one attached hydrogen (secondary N) is 1. The molecule has 0 unspecified atom stereocenters. The number of aliphatic carboxylic acids is 1. The summed E-state index contributed by atoms with van der Waals surface area (Å²) in [5.41, 5.74) is 0.971. The minimum absolute atomic E-state index is 0.187. The van der Waals surface area contributed by atoms with Gasteiger partial charge in [0.15, 0.2) is 0 Å². The molecule has 20 heavy (non-hydrogen) atoms. The van der Waals surface area contributed by atoms with Crippen LogP contribution in [0.5, 0.6) is 0 Å². The van der Waals surface area contributed by atoms with Gasteiger partial charge in [-0.05, 0) is 31.9 Å². The van der Waals surface area contributed by atoms with E-state index in [1.807, 2.05) is 25.1 Å². The fraction of sp³-hybridized carbons (Fsp3) is 0.500. The largest absolute Gasteiger partial charge is 0.481 e. The molecule has 0 saturated heterocycles. The van der Waals surface area contributed by atoms with Gasteiger partial charge >= 0.3 is 12.0 Å². The molecule has 1 aromatic heterocycles. The Labute approximate surface area is 117 Å².